The Labute approximate surface area is 92.7 Å². The standard InChI is InChI=1S/C13H22N2/c1-10-8-13(11(2)15(10)3)9-14-7-6-12-4-5-12/h8,12,14H,4-7,9H2,1-3H3. The molecule has 84 valence electrons. The van der Waals surface area contributed by atoms with Gasteiger partial charge in [-0.2, -0.15) is 0 Å². The van der Waals surface area contributed by atoms with Gasteiger partial charge in [0.25, 0.3) is 0 Å². The van der Waals surface area contributed by atoms with Crippen LogP contribution in [0.25, 0.3) is 0 Å². The Balaban J connectivity index is 1.79. The normalized spacial score (nSPS) is 15.9. The number of nitrogens with one attached hydrogen (secondary N) is 1. The zero-order chi connectivity index (χ0) is 10.8. The molecule has 0 aromatic carbocycles. The SMILES string of the molecule is Cc1cc(CNCCC2CC2)c(C)n1C. The van der Waals surface area contributed by atoms with E-state index in [0.717, 1.165) is 12.5 Å². The summed E-state index contributed by atoms with van der Waals surface area (Å²) in [7, 11) is 2.14. The summed E-state index contributed by atoms with van der Waals surface area (Å²) in [5.74, 6) is 1.04. The van der Waals surface area contributed by atoms with Crippen LogP contribution in [0.4, 0.5) is 0 Å². The van der Waals surface area contributed by atoms with Gasteiger partial charge in [-0.3, -0.25) is 0 Å². The van der Waals surface area contributed by atoms with Crippen LogP contribution in [0.5, 0.6) is 0 Å². The average Bonchev–Trinajstić information content (AvgIpc) is 3.00. The van der Waals surface area contributed by atoms with E-state index in [1.807, 2.05) is 0 Å². The third kappa shape index (κ3) is 2.63. The van der Waals surface area contributed by atoms with Gasteiger partial charge in [-0.05, 0) is 44.4 Å². The highest BCUT2D eigenvalue weighted by Gasteiger charge is 2.19. The lowest BCUT2D eigenvalue weighted by molar-refractivity contribution is 0.611. The van der Waals surface area contributed by atoms with Gasteiger partial charge in [0.05, 0.1) is 0 Å². The Morgan fingerprint density at radius 1 is 1.40 bits per heavy atom. The minimum Gasteiger partial charge on any atom is -0.352 e. The lowest BCUT2D eigenvalue weighted by atomic mass is 10.2. The highest BCUT2D eigenvalue weighted by Crippen LogP contribution is 2.31. The summed E-state index contributed by atoms with van der Waals surface area (Å²) in [6.45, 7) is 6.57. The van der Waals surface area contributed by atoms with Crippen molar-refractivity contribution in [2.24, 2.45) is 13.0 Å². The van der Waals surface area contributed by atoms with Crippen LogP contribution in [0.1, 0.15) is 36.2 Å². The van der Waals surface area contributed by atoms with Crippen LogP contribution in [0.15, 0.2) is 6.07 Å². The molecule has 1 heterocycles. The average molecular weight is 206 g/mol. The summed E-state index contributed by atoms with van der Waals surface area (Å²) < 4.78 is 2.26. The molecule has 1 aliphatic rings. The van der Waals surface area contributed by atoms with Crippen LogP contribution in [0, 0.1) is 19.8 Å². The Hall–Kier alpha value is -0.760. The molecule has 0 saturated heterocycles. The molecule has 2 nitrogen and oxygen atoms in total. The number of hydrogen-bond acceptors (Lipinski definition) is 1. The van der Waals surface area contributed by atoms with Gasteiger partial charge in [0, 0.05) is 25.0 Å². The molecule has 1 saturated carbocycles. The fraction of sp³-hybridized carbons (Fsp3) is 0.692. The first-order valence-corrected chi connectivity index (χ1v) is 6.01. The van der Waals surface area contributed by atoms with Gasteiger partial charge < -0.3 is 9.88 Å². The van der Waals surface area contributed by atoms with Gasteiger partial charge in [-0.25, -0.2) is 0 Å². The molecule has 2 rings (SSSR count). The number of nitrogens with zero attached hydrogens (tertiary/aromatic N) is 1. The molecular formula is C13H22N2. The van der Waals surface area contributed by atoms with Crippen molar-refractivity contribution < 1.29 is 0 Å². The van der Waals surface area contributed by atoms with E-state index in [4.69, 9.17) is 0 Å². The first-order chi connectivity index (χ1) is 7.18. The van der Waals surface area contributed by atoms with Gasteiger partial charge in [-0.1, -0.05) is 12.8 Å². The van der Waals surface area contributed by atoms with Crippen LogP contribution in [-0.2, 0) is 13.6 Å². The van der Waals surface area contributed by atoms with Crippen LogP contribution in [-0.4, -0.2) is 11.1 Å². The van der Waals surface area contributed by atoms with Crippen LogP contribution < -0.4 is 5.32 Å². The van der Waals surface area contributed by atoms with Gasteiger partial charge in [0.15, 0.2) is 0 Å². The van der Waals surface area contributed by atoms with Gasteiger partial charge in [0.2, 0.25) is 0 Å². The summed E-state index contributed by atoms with van der Waals surface area (Å²) in [6.07, 6.45) is 4.29. The van der Waals surface area contributed by atoms with E-state index < -0.39 is 0 Å². The molecule has 2 heteroatoms. The van der Waals surface area contributed by atoms with Crippen molar-refractivity contribution in [3.05, 3.63) is 23.0 Å². The molecular weight excluding hydrogens is 184 g/mol. The van der Waals surface area contributed by atoms with E-state index in [1.165, 1.54) is 42.8 Å². The highest BCUT2D eigenvalue weighted by molar-refractivity contribution is 5.26. The Bertz CT molecular complexity index is 335. The van der Waals surface area contributed by atoms with Crippen molar-refractivity contribution in [1.29, 1.82) is 0 Å². The molecule has 1 N–H and O–H groups in total. The second kappa shape index (κ2) is 4.40. The predicted octanol–water partition coefficient (Wildman–Crippen LogP) is 2.53. The smallest absolute Gasteiger partial charge is 0.0223 e. The Morgan fingerprint density at radius 2 is 2.13 bits per heavy atom. The van der Waals surface area contributed by atoms with Crippen molar-refractivity contribution in [3.63, 3.8) is 0 Å². The first kappa shape index (κ1) is 10.7. The van der Waals surface area contributed by atoms with E-state index in [0.29, 0.717) is 0 Å². The van der Waals surface area contributed by atoms with Gasteiger partial charge in [-0.15, -0.1) is 0 Å². The van der Waals surface area contributed by atoms with E-state index in [9.17, 15) is 0 Å². The number of aryl methyl sites for hydroxylation is 1. The molecule has 1 aliphatic carbocycles. The van der Waals surface area contributed by atoms with Gasteiger partial charge >= 0.3 is 0 Å². The summed E-state index contributed by atoms with van der Waals surface area (Å²) in [5, 5.41) is 3.54. The fourth-order valence-electron chi connectivity index (χ4n) is 2.05. The Kier molecular flexibility index (Phi) is 3.15. The predicted molar refractivity (Wildman–Crippen MR) is 63.9 cm³/mol. The monoisotopic (exact) mass is 206 g/mol. The molecule has 0 bridgehead atoms. The molecule has 15 heavy (non-hydrogen) atoms. The molecule has 1 aromatic heterocycles. The first-order valence-electron chi connectivity index (χ1n) is 6.01. The molecule has 0 amide bonds. The second-order valence-electron chi connectivity index (χ2n) is 4.86. The van der Waals surface area contributed by atoms with E-state index >= 15 is 0 Å². The lowest BCUT2D eigenvalue weighted by Gasteiger charge is -2.04. The molecule has 0 aliphatic heterocycles. The van der Waals surface area contributed by atoms with E-state index in [-0.39, 0.29) is 0 Å². The maximum absolute atomic E-state index is 3.54. The minimum absolute atomic E-state index is 1.03. The zero-order valence-electron chi connectivity index (χ0n) is 10.1. The topological polar surface area (TPSA) is 17.0 Å². The van der Waals surface area contributed by atoms with Crippen molar-refractivity contribution in [2.75, 3.05) is 6.54 Å². The number of aromatic nitrogens is 1. The molecule has 0 spiro atoms. The molecule has 0 radical (unpaired) electrons. The number of rotatable bonds is 5. The molecule has 1 fully saturated rings. The fourth-order valence-corrected chi connectivity index (χ4v) is 2.05. The highest BCUT2D eigenvalue weighted by atomic mass is 15.0. The van der Waals surface area contributed by atoms with Crippen molar-refractivity contribution in [3.8, 4) is 0 Å². The van der Waals surface area contributed by atoms with E-state index in [2.05, 4.69) is 36.8 Å². The van der Waals surface area contributed by atoms with Crippen molar-refractivity contribution in [1.82, 2.24) is 9.88 Å². The number of hydrogen-bond donors (Lipinski definition) is 1. The van der Waals surface area contributed by atoms with E-state index in [1.54, 1.807) is 0 Å². The van der Waals surface area contributed by atoms with Crippen molar-refractivity contribution >= 4 is 0 Å². The third-order valence-corrected chi connectivity index (χ3v) is 3.62. The largest absolute Gasteiger partial charge is 0.352 e. The van der Waals surface area contributed by atoms with Crippen molar-refractivity contribution in [2.45, 2.75) is 39.7 Å². The quantitative estimate of drug-likeness (QED) is 0.733. The third-order valence-electron chi connectivity index (χ3n) is 3.62. The molecule has 0 unspecified atom stereocenters. The maximum atomic E-state index is 3.54. The molecule has 0 atom stereocenters. The Morgan fingerprint density at radius 3 is 2.67 bits per heavy atom. The van der Waals surface area contributed by atoms with Crippen LogP contribution in [0.2, 0.25) is 0 Å². The molecule has 1 aromatic rings. The zero-order valence-corrected chi connectivity index (χ0v) is 10.1. The van der Waals surface area contributed by atoms with Crippen LogP contribution in [0.3, 0.4) is 0 Å². The second-order valence-corrected chi connectivity index (χ2v) is 4.86. The summed E-state index contributed by atoms with van der Waals surface area (Å²) in [4.78, 5) is 0. The summed E-state index contributed by atoms with van der Waals surface area (Å²) in [6, 6.07) is 2.29. The summed E-state index contributed by atoms with van der Waals surface area (Å²) >= 11 is 0. The minimum atomic E-state index is 1.03. The lowest BCUT2D eigenvalue weighted by Crippen LogP contribution is -2.15. The van der Waals surface area contributed by atoms with Gasteiger partial charge in [0.1, 0.15) is 0 Å². The van der Waals surface area contributed by atoms with Crippen LogP contribution >= 0.6 is 0 Å². The maximum Gasteiger partial charge on any atom is 0.0223 e. The summed E-state index contributed by atoms with van der Waals surface area (Å²) in [5.41, 5.74) is 4.20.